The average Bonchev–Trinajstić information content (AvgIpc) is 2.53. The maximum Gasteiger partial charge on any atom is 0.102 e. The van der Waals surface area contributed by atoms with Gasteiger partial charge in [0.05, 0.1) is 0 Å². The van der Waals surface area contributed by atoms with Gasteiger partial charge >= 0.3 is 0 Å². The van der Waals surface area contributed by atoms with Crippen molar-refractivity contribution in [2.75, 3.05) is 46.4 Å². The summed E-state index contributed by atoms with van der Waals surface area (Å²) in [6, 6.07) is 0. The van der Waals surface area contributed by atoms with Crippen LogP contribution >= 0.6 is 0 Å². The molecule has 0 radical (unpaired) electrons. The van der Waals surface area contributed by atoms with Gasteiger partial charge in [-0.25, -0.2) is 9.40 Å². The Hall–Kier alpha value is -0.190. The average molecular weight is 203 g/mol. The van der Waals surface area contributed by atoms with E-state index in [0.29, 0.717) is 12.5 Å². The van der Waals surface area contributed by atoms with E-state index in [1.54, 1.807) is 0 Å². The number of nitrogens with zero attached hydrogens (tertiary/aromatic N) is 2. The minimum Gasteiger partial charge on any atom is -0.300 e. The van der Waals surface area contributed by atoms with Crippen LogP contribution in [0.3, 0.4) is 0 Å². The van der Waals surface area contributed by atoms with E-state index in [2.05, 4.69) is 29.3 Å². The Bertz CT molecular complexity index is 154. The van der Waals surface area contributed by atoms with Crippen LogP contribution in [0.5, 0.6) is 0 Å². The molecule has 14 heavy (non-hydrogen) atoms. The van der Waals surface area contributed by atoms with Crippen molar-refractivity contribution < 1.29 is 4.39 Å². The van der Waals surface area contributed by atoms with Gasteiger partial charge in [-0.1, -0.05) is 6.92 Å². The lowest BCUT2D eigenvalue weighted by molar-refractivity contribution is 0.198. The molecule has 0 saturated carbocycles. The molecule has 0 aliphatic carbocycles. The van der Waals surface area contributed by atoms with Crippen molar-refractivity contribution >= 4 is 0 Å². The summed E-state index contributed by atoms with van der Waals surface area (Å²) in [4.78, 5) is 2.21. The Balaban J connectivity index is 2.15. The topological polar surface area (TPSA) is 18.5 Å². The number of hydrogen-bond donors (Lipinski definition) is 1. The first-order valence-corrected chi connectivity index (χ1v) is 5.49. The number of nitrogens with one attached hydrogen (secondary N) is 1. The maximum atomic E-state index is 12.1. The minimum atomic E-state index is -0.213. The van der Waals surface area contributed by atoms with E-state index in [4.69, 9.17) is 0 Å². The van der Waals surface area contributed by atoms with Crippen molar-refractivity contribution in [1.82, 2.24) is 15.3 Å². The van der Waals surface area contributed by atoms with E-state index >= 15 is 0 Å². The molecule has 3 nitrogen and oxygen atoms in total. The molecule has 0 aromatic rings. The fraction of sp³-hybridized carbons (Fsp3) is 1.00. The summed E-state index contributed by atoms with van der Waals surface area (Å²) in [5.41, 5.74) is 3.26. The molecule has 1 atom stereocenters. The van der Waals surface area contributed by atoms with Crippen molar-refractivity contribution in [2.24, 2.45) is 5.92 Å². The molecule has 1 aliphatic heterocycles. The molecule has 0 bridgehead atoms. The van der Waals surface area contributed by atoms with Crippen molar-refractivity contribution in [1.29, 1.82) is 0 Å². The highest BCUT2D eigenvalue weighted by molar-refractivity contribution is 4.76. The van der Waals surface area contributed by atoms with Crippen molar-refractivity contribution in [3.8, 4) is 0 Å². The van der Waals surface area contributed by atoms with Crippen LogP contribution in [0, 0.1) is 5.92 Å². The minimum absolute atomic E-state index is 0.213. The molecular formula is C10H22FN3. The second kappa shape index (κ2) is 6.32. The smallest absolute Gasteiger partial charge is 0.102 e. The van der Waals surface area contributed by atoms with Gasteiger partial charge in [0, 0.05) is 33.2 Å². The molecule has 1 rings (SSSR count). The van der Waals surface area contributed by atoms with E-state index in [9.17, 15) is 4.39 Å². The Kier molecular flexibility index (Phi) is 5.37. The number of rotatable bonds is 6. The Labute approximate surface area is 86.2 Å². The summed E-state index contributed by atoms with van der Waals surface area (Å²) < 4.78 is 12.1. The van der Waals surface area contributed by atoms with Gasteiger partial charge in [-0.05, 0) is 18.9 Å². The fourth-order valence-electron chi connectivity index (χ4n) is 2.11. The molecule has 0 amide bonds. The lowest BCUT2D eigenvalue weighted by Gasteiger charge is -2.21. The van der Waals surface area contributed by atoms with E-state index in [1.807, 2.05) is 0 Å². The van der Waals surface area contributed by atoms with E-state index in [-0.39, 0.29) is 6.67 Å². The predicted octanol–water partition coefficient (Wildman–Crippen LogP) is 0.734. The summed E-state index contributed by atoms with van der Waals surface area (Å²) in [7, 11) is 2.07. The van der Waals surface area contributed by atoms with Crippen LogP contribution in [0.4, 0.5) is 4.39 Å². The lowest BCUT2D eigenvalue weighted by atomic mass is 10.1. The van der Waals surface area contributed by atoms with Crippen molar-refractivity contribution in [3.63, 3.8) is 0 Å². The number of alkyl halides is 1. The second-order valence-electron chi connectivity index (χ2n) is 4.04. The summed E-state index contributed by atoms with van der Waals surface area (Å²) in [5.74, 6) is 0.700. The van der Waals surface area contributed by atoms with Gasteiger partial charge in [0.2, 0.25) is 0 Å². The third kappa shape index (κ3) is 3.90. The molecule has 1 heterocycles. The van der Waals surface area contributed by atoms with Crippen molar-refractivity contribution in [3.05, 3.63) is 0 Å². The van der Waals surface area contributed by atoms with Gasteiger partial charge in [-0.15, -0.1) is 0 Å². The molecule has 1 aliphatic rings. The van der Waals surface area contributed by atoms with Gasteiger partial charge in [-0.2, -0.15) is 0 Å². The predicted molar refractivity (Wildman–Crippen MR) is 56.8 cm³/mol. The largest absolute Gasteiger partial charge is 0.300 e. The summed E-state index contributed by atoms with van der Waals surface area (Å²) in [6.45, 7) is 6.65. The van der Waals surface area contributed by atoms with Crippen LogP contribution in [0.25, 0.3) is 0 Å². The molecule has 84 valence electrons. The molecule has 1 fully saturated rings. The summed E-state index contributed by atoms with van der Waals surface area (Å²) in [6.07, 6.45) is 1.20. The molecule has 0 aromatic carbocycles. The molecule has 0 spiro atoms. The number of likely N-dealkylation sites (tertiary alicyclic amines) is 1. The Morgan fingerprint density at radius 2 is 2.36 bits per heavy atom. The first-order chi connectivity index (χ1) is 6.76. The van der Waals surface area contributed by atoms with E-state index < -0.39 is 0 Å². The second-order valence-corrected chi connectivity index (χ2v) is 4.04. The zero-order valence-corrected chi connectivity index (χ0v) is 9.30. The molecule has 0 aromatic heterocycles. The molecule has 4 heteroatoms. The first-order valence-electron chi connectivity index (χ1n) is 5.49. The SMILES string of the molecule is CCNN(C)C[C@H]1CCN(CCF)C1. The third-order valence-electron chi connectivity index (χ3n) is 2.73. The quantitative estimate of drug-likeness (QED) is 0.642. The van der Waals surface area contributed by atoms with Crippen LogP contribution in [-0.2, 0) is 0 Å². The van der Waals surface area contributed by atoms with Crippen LogP contribution in [-0.4, -0.2) is 56.4 Å². The van der Waals surface area contributed by atoms with Gasteiger partial charge < -0.3 is 4.90 Å². The van der Waals surface area contributed by atoms with Gasteiger partial charge in [0.25, 0.3) is 0 Å². The zero-order chi connectivity index (χ0) is 10.4. The van der Waals surface area contributed by atoms with Gasteiger partial charge in [-0.3, -0.25) is 5.43 Å². The molecule has 0 unspecified atom stereocenters. The lowest BCUT2D eigenvalue weighted by Crippen LogP contribution is -2.38. The van der Waals surface area contributed by atoms with E-state index in [0.717, 1.165) is 26.2 Å². The highest BCUT2D eigenvalue weighted by atomic mass is 19.1. The summed E-state index contributed by atoms with van der Waals surface area (Å²) in [5, 5.41) is 2.14. The molecule has 1 saturated heterocycles. The molecular weight excluding hydrogens is 181 g/mol. The van der Waals surface area contributed by atoms with Gasteiger partial charge in [0.1, 0.15) is 6.67 Å². The standard InChI is InChI=1S/C10H22FN3/c1-3-12-13(2)8-10-4-6-14(9-10)7-5-11/h10,12H,3-9H2,1-2H3/t10-/m1/s1. The van der Waals surface area contributed by atoms with Crippen LogP contribution in [0.1, 0.15) is 13.3 Å². The van der Waals surface area contributed by atoms with Crippen LogP contribution in [0.15, 0.2) is 0 Å². The Morgan fingerprint density at radius 3 is 3.00 bits per heavy atom. The number of hydrazine groups is 1. The zero-order valence-electron chi connectivity index (χ0n) is 9.30. The molecule has 1 N–H and O–H groups in total. The van der Waals surface area contributed by atoms with Crippen molar-refractivity contribution in [2.45, 2.75) is 13.3 Å². The summed E-state index contributed by atoms with van der Waals surface area (Å²) >= 11 is 0. The maximum absolute atomic E-state index is 12.1. The monoisotopic (exact) mass is 203 g/mol. The normalized spacial score (nSPS) is 23.6. The van der Waals surface area contributed by atoms with Gasteiger partial charge in [0.15, 0.2) is 0 Å². The van der Waals surface area contributed by atoms with Crippen LogP contribution in [0.2, 0.25) is 0 Å². The number of hydrogen-bond acceptors (Lipinski definition) is 3. The highest BCUT2D eigenvalue weighted by Gasteiger charge is 2.22. The van der Waals surface area contributed by atoms with E-state index in [1.165, 1.54) is 6.42 Å². The fourth-order valence-corrected chi connectivity index (χ4v) is 2.11. The Morgan fingerprint density at radius 1 is 1.57 bits per heavy atom. The highest BCUT2D eigenvalue weighted by Crippen LogP contribution is 2.15. The van der Waals surface area contributed by atoms with Crippen LogP contribution < -0.4 is 5.43 Å². The first kappa shape index (κ1) is 11.9. The number of halogens is 1. The third-order valence-corrected chi connectivity index (χ3v) is 2.73.